The van der Waals surface area contributed by atoms with Crippen LogP contribution in [0, 0.1) is 0 Å². The third-order valence-corrected chi connectivity index (χ3v) is 13.2. The Morgan fingerprint density at radius 2 is 0.667 bits per heavy atom. The maximum absolute atomic E-state index is 3.19. The van der Waals surface area contributed by atoms with Gasteiger partial charge in [-0.05, 0) is 38.5 Å². The molecule has 0 spiro atoms. The van der Waals surface area contributed by atoms with Crippen molar-refractivity contribution in [3.05, 3.63) is 0 Å². The second-order valence-corrected chi connectivity index (χ2v) is 14.5. The van der Waals surface area contributed by atoms with Crippen LogP contribution in [0.5, 0.6) is 0 Å². The highest BCUT2D eigenvalue weighted by Crippen LogP contribution is 2.62. The van der Waals surface area contributed by atoms with Crippen LogP contribution in [0.15, 0.2) is 0 Å². The summed E-state index contributed by atoms with van der Waals surface area (Å²) in [7, 11) is 2.51. The number of unbranched alkanes of at least 4 members (excludes halogenated alkanes) is 15. The fourth-order valence-electron chi connectivity index (χ4n) is 4.29. The molecular weight excluding hydrogens is 362 g/mol. The summed E-state index contributed by atoms with van der Waals surface area (Å²) in [5, 5.41) is 0. The van der Waals surface area contributed by atoms with Gasteiger partial charge in [0.2, 0.25) is 0 Å². The maximum Gasteiger partial charge on any atom is 0.0720 e. The predicted octanol–water partition coefficient (Wildman–Crippen LogP) is 9.92. The van der Waals surface area contributed by atoms with Crippen LogP contribution in [0.2, 0.25) is 0 Å². The SMILES string of the molecule is CCCCCCCC[P+](CP)(CCCCCCCC)CCCCCCCC. The van der Waals surface area contributed by atoms with Crippen LogP contribution < -0.4 is 0 Å². The topological polar surface area (TPSA) is 0 Å². The molecule has 0 aliphatic heterocycles. The third kappa shape index (κ3) is 17.4. The minimum absolute atomic E-state index is 0.681. The average molecular weight is 418 g/mol. The molecule has 0 aliphatic rings. The van der Waals surface area contributed by atoms with Crippen molar-refractivity contribution in [1.29, 1.82) is 0 Å². The summed E-state index contributed by atoms with van der Waals surface area (Å²) in [6, 6.07) is 0. The van der Waals surface area contributed by atoms with Crippen LogP contribution in [-0.4, -0.2) is 24.4 Å². The minimum atomic E-state index is -0.681. The molecule has 0 saturated heterocycles. The lowest BCUT2D eigenvalue weighted by Crippen LogP contribution is -2.10. The van der Waals surface area contributed by atoms with Gasteiger partial charge in [0.05, 0.1) is 24.4 Å². The van der Waals surface area contributed by atoms with E-state index in [-0.39, 0.29) is 0 Å². The van der Waals surface area contributed by atoms with E-state index in [1.165, 1.54) is 121 Å². The van der Waals surface area contributed by atoms with Gasteiger partial charge in [-0.15, -0.1) is 0 Å². The van der Waals surface area contributed by atoms with Gasteiger partial charge in [0, 0.05) is 7.26 Å². The van der Waals surface area contributed by atoms with Crippen LogP contribution in [0.1, 0.15) is 136 Å². The Hall–Kier alpha value is 0.860. The Kier molecular flexibility index (Phi) is 22.3. The van der Waals surface area contributed by atoms with Crippen LogP contribution in [0.25, 0.3) is 0 Å². The highest BCUT2D eigenvalue weighted by molar-refractivity contribution is 7.80. The van der Waals surface area contributed by atoms with Crippen molar-refractivity contribution in [2.75, 3.05) is 24.4 Å². The van der Waals surface area contributed by atoms with Crippen molar-refractivity contribution >= 4 is 16.5 Å². The second kappa shape index (κ2) is 21.6. The molecule has 0 fully saturated rings. The normalized spacial score (nSPS) is 12.0. The van der Waals surface area contributed by atoms with E-state index in [2.05, 4.69) is 30.0 Å². The van der Waals surface area contributed by atoms with Gasteiger partial charge in [-0.1, -0.05) is 107 Å². The molecule has 164 valence electrons. The summed E-state index contributed by atoms with van der Waals surface area (Å²) < 4.78 is 0. The molecule has 0 aromatic carbocycles. The van der Waals surface area contributed by atoms with Crippen molar-refractivity contribution in [2.45, 2.75) is 136 Å². The van der Waals surface area contributed by atoms with Gasteiger partial charge < -0.3 is 0 Å². The molecule has 2 heteroatoms. The van der Waals surface area contributed by atoms with Crippen molar-refractivity contribution < 1.29 is 0 Å². The molecular formula is C25H55P2+. The van der Waals surface area contributed by atoms with Gasteiger partial charge in [0.15, 0.2) is 0 Å². The molecule has 0 saturated carbocycles. The monoisotopic (exact) mass is 417 g/mol. The predicted molar refractivity (Wildman–Crippen MR) is 136 cm³/mol. The highest BCUT2D eigenvalue weighted by Gasteiger charge is 2.33. The Morgan fingerprint density at radius 1 is 0.407 bits per heavy atom. The molecule has 1 unspecified atom stereocenters. The van der Waals surface area contributed by atoms with E-state index in [1.54, 1.807) is 18.5 Å². The fourth-order valence-corrected chi connectivity index (χ4v) is 9.84. The molecule has 0 bridgehead atoms. The summed E-state index contributed by atoms with van der Waals surface area (Å²) >= 11 is 0. The molecule has 0 rings (SSSR count). The summed E-state index contributed by atoms with van der Waals surface area (Å²) in [5.74, 6) is 1.45. The maximum atomic E-state index is 3.19. The zero-order chi connectivity index (χ0) is 20.1. The number of hydrogen-bond donors (Lipinski definition) is 0. The molecule has 0 radical (unpaired) electrons. The van der Waals surface area contributed by atoms with Crippen molar-refractivity contribution in [3.8, 4) is 0 Å². The lowest BCUT2D eigenvalue weighted by molar-refractivity contribution is 0.616. The van der Waals surface area contributed by atoms with E-state index >= 15 is 0 Å². The first-order valence-electron chi connectivity index (χ1n) is 12.8. The molecule has 0 aromatic rings. The lowest BCUT2D eigenvalue weighted by atomic mass is 10.1. The van der Waals surface area contributed by atoms with E-state index in [9.17, 15) is 0 Å². The number of rotatable bonds is 22. The average Bonchev–Trinajstić information content (AvgIpc) is 2.69. The molecule has 27 heavy (non-hydrogen) atoms. The third-order valence-electron chi connectivity index (χ3n) is 6.35. The van der Waals surface area contributed by atoms with Crippen LogP contribution in [0.4, 0.5) is 0 Å². The Labute approximate surface area is 177 Å². The molecule has 0 heterocycles. The van der Waals surface area contributed by atoms with Gasteiger partial charge in [0.25, 0.3) is 0 Å². The van der Waals surface area contributed by atoms with Gasteiger partial charge in [-0.3, -0.25) is 0 Å². The van der Waals surface area contributed by atoms with Gasteiger partial charge in [-0.25, -0.2) is 0 Å². The molecule has 1 atom stereocenters. The van der Waals surface area contributed by atoms with E-state index < -0.39 is 7.26 Å². The van der Waals surface area contributed by atoms with Crippen molar-refractivity contribution in [3.63, 3.8) is 0 Å². The first-order valence-corrected chi connectivity index (χ1v) is 16.1. The quantitative estimate of drug-likeness (QED) is 0.121. The molecule has 0 amide bonds. The first kappa shape index (κ1) is 27.9. The summed E-state index contributed by atoms with van der Waals surface area (Å²) in [5.41, 5.74) is 0. The second-order valence-electron chi connectivity index (χ2n) is 9.00. The summed E-state index contributed by atoms with van der Waals surface area (Å²) in [6.07, 6.45) is 31.2. The Morgan fingerprint density at radius 3 is 0.926 bits per heavy atom. The van der Waals surface area contributed by atoms with Crippen LogP contribution in [0.3, 0.4) is 0 Å². The van der Waals surface area contributed by atoms with E-state index in [4.69, 9.17) is 0 Å². The zero-order valence-electron chi connectivity index (χ0n) is 19.6. The van der Waals surface area contributed by atoms with Crippen molar-refractivity contribution in [2.24, 2.45) is 0 Å². The smallest absolute Gasteiger partial charge is 0.0720 e. The van der Waals surface area contributed by atoms with Gasteiger partial charge in [-0.2, -0.15) is 0 Å². The van der Waals surface area contributed by atoms with E-state index in [0.717, 1.165) is 0 Å². The first-order chi connectivity index (χ1) is 13.2. The molecule has 0 aliphatic carbocycles. The zero-order valence-corrected chi connectivity index (χ0v) is 21.6. The van der Waals surface area contributed by atoms with Gasteiger partial charge >= 0.3 is 0 Å². The van der Waals surface area contributed by atoms with E-state index in [0.29, 0.717) is 0 Å². The Bertz CT molecular complexity index is 237. The standard InChI is InChI=1S/C25H55P2/c1-4-7-10-13-16-19-22-27(25-26,23-20-17-14-11-8-5-2)24-21-18-15-12-9-6-3/h4-26H2,1-3H3/q+1. The van der Waals surface area contributed by atoms with E-state index in [1.807, 2.05) is 0 Å². The number of hydrogen-bond acceptors (Lipinski definition) is 0. The fraction of sp³-hybridized carbons (Fsp3) is 1.00. The molecule has 0 aromatic heterocycles. The molecule has 0 nitrogen and oxygen atoms in total. The van der Waals surface area contributed by atoms with Crippen molar-refractivity contribution in [1.82, 2.24) is 0 Å². The lowest BCUT2D eigenvalue weighted by Gasteiger charge is -2.27. The highest BCUT2D eigenvalue weighted by atomic mass is 31.2. The Balaban J connectivity index is 4.23. The molecule has 0 N–H and O–H groups in total. The summed E-state index contributed by atoms with van der Waals surface area (Å²) in [4.78, 5) is 0. The largest absolute Gasteiger partial charge is 0.0973 e. The van der Waals surface area contributed by atoms with Crippen LogP contribution in [-0.2, 0) is 0 Å². The summed E-state index contributed by atoms with van der Waals surface area (Å²) in [6.45, 7) is 6.98. The van der Waals surface area contributed by atoms with Gasteiger partial charge in [0.1, 0.15) is 0 Å². The van der Waals surface area contributed by atoms with Crippen LogP contribution >= 0.6 is 16.5 Å². The minimum Gasteiger partial charge on any atom is -0.0973 e.